The summed E-state index contributed by atoms with van der Waals surface area (Å²) in [5, 5.41) is 2.59. The molecule has 3 amide bonds. The zero-order valence-electron chi connectivity index (χ0n) is 13.3. The van der Waals surface area contributed by atoms with Crippen LogP contribution in [0.4, 0.5) is 9.18 Å². The second kappa shape index (κ2) is 8.36. The summed E-state index contributed by atoms with van der Waals surface area (Å²) in [7, 11) is 1.60. The second-order valence-corrected chi connectivity index (χ2v) is 5.45. The van der Waals surface area contributed by atoms with Crippen molar-refractivity contribution in [3.63, 3.8) is 0 Å². The Labute approximate surface area is 135 Å². The van der Waals surface area contributed by atoms with Crippen LogP contribution in [0.5, 0.6) is 5.75 Å². The van der Waals surface area contributed by atoms with Crippen molar-refractivity contribution in [3.05, 3.63) is 30.1 Å². The van der Waals surface area contributed by atoms with Gasteiger partial charge in [0.2, 0.25) is 5.91 Å². The van der Waals surface area contributed by atoms with Gasteiger partial charge in [-0.1, -0.05) is 12.1 Å². The third kappa shape index (κ3) is 5.12. The Hall–Kier alpha value is -2.31. The highest BCUT2D eigenvalue weighted by Gasteiger charge is 2.18. The first-order chi connectivity index (χ1) is 11.1. The Morgan fingerprint density at radius 2 is 2.00 bits per heavy atom. The van der Waals surface area contributed by atoms with Gasteiger partial charge in [0, 0.05) is 20.1 Å². The van der Waals surface area contributed by atoms with E-state index in [1.165, 1.54) is 17.0 Å². The van der Waals surface area contributed by atoms with Gasteiger partial charge in [-0.2, -0.15) is 0 Å². The van der Waals surface area contributed by atoms with Crippen LogP contribution in [-0.4, -0.2) is 61.6 Å². The van der Waals surface area contributed by atoms with Crippen LogP contribution < -0.4 is 10.1 Å². The average Bonchev–Trinajstić information content (AvgIpc) is 3.08. The molecule has 2 rings (SSSR count). The molecule has 0 atom stereocenters. The van der Waals surface area contributed by atoms with Crippen LogP contribution in [0, 0.1) is 5.82 Å². The van der Waals surface area contributed by atoms with Crippen LogP contribution in [0.1, 0.15) is 12.8 Å². The van der Waals surface area contributed by atoms with Gasteiger partial charge in [0.15, 0.2) is 11.6 Å². The summed E-state index contributed by atoms with van der Waals surface area (Å²) in [6, 6.07) is 5.76. The molecule has 0 radical (unpaired) electrons. The average molecular weight is 323 g/mol. The molecule has 1 N–H and O–H groups in total. The molecule has 1 aliphatic heterocycles. The number of likely N-dealkylation sites (tertiary alicyclic amines) is 1. The molecule has 23 heavy (non-hydrogen) atoms. The molecular formula is C16H22FN3O3. The number of urea groups is 1. The van der Waals surface area contributed by atoms with Gasteiger partial charge in [0.25, 0.3) is 0 Å². The van der Waals surface area contributed by atoms with E-state index >= 15 is 0 Å². The minimum Gasteiger partial charge on any atom is -0.489 e. The van der Waals surface area contributed by atoms with Crippen LogP contribution in [0.3, 0.4) is 0 Å². The molecule has 0 bridgehead atoms. The normalized spacial score (nSPS) is 13.7. The molecule has 0 aromatic heterocycles. The largest absolute Gasteiger partial charge is 0.489 e. The predicted octanol–water partition coefficient (Wildman–Crippen LogP) is 1.47. The molecule has 1 fully saturated rings. The summed E-state index contributed by atoms with van der Waals surface area (Å²) in [5.74, 6) is -0.340. The number of amides is 3. The van der Waals surface area contributed by atoms with E-state index in [1.807, 2.05) is 0 Å². The lowest BCUT2D eigenvalue weighted by Gasteiger charge is -2.20. The fourth-order valence-electron chi connectivity index (χ4n) is 2.32. The zero-order chi connectivity index (χ0) is 16.7. The van der Waals surface area contributed by atoms with Gasteiger partial charge in [-0.3, -0.25) is 4.79 Å². The number of carbonyl (C=O) groups is 2. The number of likely N-dealkylation sites (N-methyl/N-ethyl adjacent to an activating group) is 1. The van der Waals surface area contributed by atoms with E-state index in [-0.39, 0.29) is 37.4 Å². The molecule has 7 heteroatoms. The van der Waals surface area contributed by atoms with Crippen molar-refractivity contribution >= 4 is 11.9 Å². The minimum absolute atomic E-state index is 0.00264. The fourth-order valence-corrected chi connectivity index (χ4v) is 2.32. The molecular weight excluding hydrogens is 301 g/mol. The summed E-state index contributed by atoms with van der Waals surface area (Å²) < 4.78 is 18.7. The Balaban J connectivity index is 1.66. The van der Waals surface area contributed by atoms with E-state index in [9.17, 15) is 14.0 Å². The number of nitrogens with one attached hydrogen (secondary N) is 1. The van der Waals surface area contributed by atoms with Crippen molar-refractivity contribution in [2.45, 2.75) is 12.8 Å². The Morgan fingerprint density at radius 3 is 2.70 bits per heavy atom. The van der Waals surface area contributed by atoms with Crippen LogP contribution in [0.15, 0.2) is 24.3 Å². The Kier molecular flexibility index (Phi) is 6.19. The number of hydrogen-bond acceptors (Lipinski definition) is 3. The van der Waals surface area contributed by atoms with Crippen LogP contribution in [0.2, 0.25) is 0 Å². The SMILES string of the molecule is CN(CCOc1ccccc1F)C(=O)NCC(=O)N1CCCC1. The fraction of sp³-hybridized carbons (Fsp3) is 0.500. The van der Waals surface area contributed by atoms with E-state index in [2.05, 4.69) is 5.32 Å². The van der Waals surface area contributed by atoms with Gasteiger partial charge < -0.3 is 19.9 Å². The summed E-state index contributed by atoms with van der Waals surface area (Å²) in [5.41, 5.74) is 0. The molecule has 6 nitrogen and oxygen atoms in total. The maximum atomic E-state index is 13.4. The summed E-state index contributed by atoms with van der Waals surface area (Å²) in [6.07, 6.45) is 2.04. The Morgan fingerprint density at radius 1 is 1.30 bits per heavy atom. The number of hydrogen-bond donors (Lipinski definition) is 1. The zero-order valence-corrected chi connectivity index (χ0v) is 13.3. The highest BCUT2D eigenvalue weighted by Crippen LogP contribution is 2.14. The smallest absolute Gasteiger partial charge is 0.317 e. The topological polar surface area (TPSA) is 61.9 Å². The van der Waals surface area contributed by atoms with Crippen molar-refractivity contribution in [1.29, 1.82) is 0 Å². The molecule has 1 aromatic carbocycles. The van der Waals surface area contributed by atoms with Gasteiger partial charge >= 0.3 is 6.03 Å². The van der Waals surface area contributed by atoms with Crippen molar-refractivity contribution in [3.8, 4) is 5.75 Å². The first kappa shape index (κ1) is 17.1. The molecule has 1 heterocycles. The number of nitrogens with zero attached hydrogens (tertiary/aromatic N) is 2. The summed E-state index contributed by atoms with van der Waals surface area (Å²) in [4.78, 5) is 26.9. The first-order valence-corrected chi connectivity index (χ1v) is 7.72. The summed E-state index contributed by atoms with van der Waals surface area (Å²) in [6.45, 7) is 1.99. The predicted molar refractivity (Wildman–Crippen MR) is 83.7 cm³/mol. The molecule has 0 aliphatic carbocycles. The van der Waals surface area contributed by atoms with E-state index in [1.54, 1.807) is 24.1 Å². The van der Waals surface area contributed by atoms with Crippen molar-refractivity contribution in [2.24, 2.45) is 0 Å². The molecule has 1 aromatic rings. The van der Waals surface area contributed by atoms with Gasteiger partial charge in [0.1, 0.15) is 6.61 Å². The van der Waals surface area contributed by atoms with Gasteiger partial charge in [0.05, 0.1) is 13.1 Å². The lowest BCUT2D eigenvalue weighted by molar-refractivity contribution is -0.129. The first-order valence-electron chi connectivity index (χ1n) is 7.72. The number of rotatable bonds is 6. The van der Waals surface area contributed by atoms with Gasteiger partial charge in [-0.15, -0.1) is 0 Å². The van der Waals surface area contributed by atoms with Crippen molar-refractivity contribution in [1.82, 2.24) is 15.1 Å². The Bertz CT molecular complexity index is 547. The highest BCUT2D eigenvalue weighted by molar-refractivity contribution is 5.84. The lowest BCUT2D eigenvalue weighted by atomic mass is 10.3. The maximum Gasteiger partial charge on any atom is 0.317 e. The molecule has 1 saturated heterocycles. The molecule has 0 unspecified atom stereocenters. The standard InChI is InChI=1S/C16H22FN3O3/c1-19(10-11-23-14-7-3-2-6-13(14)17)16(22)18-12-15(21)20-8-4-5-9-20/h2-3,6-7H,4-5,8-12H2,1H3,(H,18,22). The third-order valence-electron chi connectivity index (χ3n) is 3.72. The van der Waals surface area contributed by atoms with E-state index in [0.29, 0.717) is 0 Å². The third-order valence-corrected chi connectivity index (χ3v) is 3.72. The van der Waals surface area contributed by atoms with Crippen LogP contribution in [-0.2, 0) is 4.79 Å². The quantitative estimate of drug-likeness (QED) is 0.862. The van der Waals surface area contributed by atoms with Crippen molar-refractivity contribution < 1.29 is 18.7 Å². The molecule has 0 spiro atoms. The van der Waals surface area contributed by atoms with Crippen LogP contribution in [0.25, 0.3) is 0 Å². The number of halogens is 1. The maximum absolute atomic E-state index is 13.4. The molecule has 126 valence electrons. The van der Waals surface area contributed by atoms with Gasteiger partial charge in [-0.05, 0) is 25.0 Å². The monoisotopic (exact) mass is 323 g/mol. The second-order valence-electron chi connectivity index (χ2n) is 5.45. The summed E-state index contributed by atoms with van der Waals surface area (Å²) >= 11 is 0. The van der Waals surface area contributed by atoms with Crippen LogP contribution >= 0.6 is 0 Å². The molecule has 0 saturated carbocycles. The number of para-hydroxylation sites is 1. The number of benzene rings is 1. The van der Waals surface area contributed by atoms with E-state index in [0.717, 1.165) is 25.9 Å². The number of ether oxygens (including phenoxy) is 1. The van der Waals surface area contributed by atoms with Crippen molar-refractivity contribution in [2.75, 3.05) is 39.8 Å². The lowest BCUT2D eigenvalue weighted by Crippen LogP contribution is -2.44. The molecule has 1 aliphatic rings. The highest BCUT2D eigenvalue weighted by atomic mass is 19.1. The van der Waals surface area contributed by atoms with Gasteiger partial charge in [-0.25, -0.2) is 9.18 Å². The van der Waals surface area contributed by atoms with E-state index < -0.39 is 5.82 Å². The minimum atomic E-state index is -0.434. The number of carbonyl (C=O) groups excluding carboxylic acids is 2. The van der Waals surface area contributed by atoms with E-state index in [4.69, 9.17) is 4.74 Å².